The second-order valence-corrected chi connectivity index (χ2v) is 8.56. The summed E-state index contributed by atoms with van der Waals surface area (Å²) in [6.45, 7) is 1.94. The molecule has 9 heteroatoms. The molecule has 36 heavy (non-hydrogen) atoms. The van der Waals surface area contributed by atoms with Gasteiger partial charge in [0.25, 0.3) is 11.8 Å². The Balaban J connectivity index is 1.42. The minimum absolute atomic E-state index is 0.0588. The molecule has 0 spiro atoms. The van der Waals surface area contributed by atoms with Crippen molar-refractivity contribution in [1.82, 2.24) is 5.43 Å². The van der Waals surface area contributed by atoms with E-state index in [-0.39, 0.29) is 17.4 Å². The number of aryl methyl sites for hydroxylation is 1. The Hall–Kier alpha value is -4.50. The van der Waals surface area contributed by atoms with Gasteiger partial charge < -0.3 is 14.5 Å². The zero-order chi connectivity index (χ0) is 25.5. The summed E-state index contributed by atoms with van der Waals surface area (Å²) in [6, 6.07) is 21.7. The number of benzene rings is 3. The normalized spacial score (nSPS) is 10.7. The van der Waals surface area contributed by atoms with Gasteiger partial charge in [-0.15, -0.1) is 0 Å². The van der Waals surface area contributed by atoms with Crippen LogP contribution in [0.2, 0.25) is 0 Å². The largest absolute Gasteiger partial charge is 0.457 e. The van der Waals surface area contributed by atoms with Crippen LogP contribution in [0, 0.1) is 6.92 Å². The van der Waals surface area contributed by atoms with Crippen molar-refractivity contribution in [3.05, 3.63) is 118 Å². The Morgan fingerprint density at radius 1 is 0.917 bits per heavy atom. The highest BCUT2D eigenvalue weighted by molar-refractivity contribution is 9.10. The summed E-state index contributed by atoms with van der Waals surface area (Å²) < 4.78 is 11.2. The van der Waals surface area contributed by atoms with E-state index >= 15 is 0 Å². The van der Waals surface area contributed by atoms with Crippen molar-refractivity contribution in [2.45, 2.75) is 6.92 Å². The van der Waals surface area contributed by atoms with Gasteiger partial charge in [-0.1, -0.05) is 39.7 Å². The molecule has 2 N–H and O–H groups in total. The molecule has 0 aliphatic carbocycles. The van der Waals surface area contributed by atoms with E-state index in [0.717, 1.165) is 10.0 Å². The number of rotatable bonds is 7. The third kappa shape index (κ3) is 6.34. The quantitative estimate of drug-likeness (QED) is 0.136. The van der Waals surface area contributed by atoms with E-state index in [2.05, 4.69) is 31.8 Å². The third-order valence-corrected chi connectivity index (χ3v) is 5.46. The van der Waals surface area contributed by atoms with Gasteiger partial charge in [-0.05, 0) is 67.6 Å². The highest BCUT2D eigenvalue weighted by Gasteiger charge is 2.14. The summed E-state index contributed by atoms with van der Waals surface area (Å²) in [6.07, 6.45) is 2.73. The predicted molar refractivity (Wildman–Crippen MR) is 138 cm³/mol. The average Bonchev–Trinajstić information content (AvgIpc) is 3.41. The van der Waals surface area contributed by atoms with Crippen molar-refractivity contribution in [1.29, 1.82) is 0 Å². The molecule has 3 aromatic carbocycles. The highest BCUT2D eigenvalue weighted by atomic mass is 79.9. The van der Waals surface area contributed by atoms with E-state index in [1.165, 1.54) is 18.5 Å². The molecule has 0 fully saturated rings. The monoisotopic (exact) mass is 545 g/mol. The van der Waals surface area contributed by atoms with Crippen LogP contribution in [0.25, 0.3) is 0 Å². The lowest BCUT2D eigenvalue weighted by atomic mass is 10.1. The van der Waals surface area contributed by atoms with Crippen LogP contribution < -0.4 is 15.5 Å². The Morgan fingerprint density at radius 2 is 1.72 bits per heavy atom. The standard InChI is InChI=1S/C27H20BrN3O5/c1-17-7-9-18(10-8-17)25(32)30-22-5-2-4-19(15-22)26(33)31-29-16-20-14-21(28)11-12-23(20)36-27(34)24-6-3-13-35-24/h2-16H,1H3,(H,30,32)(H,31,33). The summed E-state index contributed by atoms with van der Waals surface area (Å²) in [5.74, 6) is -1.13. The van der Waals surface area contributed by atoms with Crippen LogP contribution in [0.3, 0.4) is 0 Å². The predicted octanol–water partition coefficient (Wildman–Crippen LogP) is 5.59. The summed E-state index contributed by atoms with van der Waals surface area (Å²) >= 11 is 3.36. The molecular weight excluding hydrogens is 526 g/mol. The first-order valence-electron chi connectivity index (χ1n) is 10.8. The second-order valence-electron chi connectivity index (χ2n) is 7.65. The molecule has 0 bridgehead atoms. The molecule has 1 aromatic heterocycles. The van der Waals surface area contributed by atoms with Gasteiger partial charge in [0, 0.05) is 26.9 Å². The fourth-order valence-electron chi connectivity index (χ4n) is 3.13. The topological polar surface area (TPSA) is 110 Å². The number of anilines is 1. The Bertz CT molecular complexity index is 1430. The van der Waals surface area contributed by atoms with Crippen molar-refractivity contribution in [3.63, 3.8) is 0 Å². The van der Waals surface area contributed by atoms with Crippen molar-refractivity contribution in [2.75, 3.05) is 5.32 Å². The number of nitrogens with zero attached hydrogens (tertiary/aromatic N) is 1. The van der Waals surface area contributed by atoms with Crippen LogP contribution in [0.5, 0.6) is 5.75 Å². The van der Waals surface area contributed by atoms with Crippen LogP contribution >= 0.6 is 15.9 Å². The summed E-state index contributed by atoms with van der Waals surface area (Å²) in [5, 5.41) is 6.77. The lowest BCUT2D eigenvalue weighted by Crippen LogP contribution is -2.18. The number of amides is 2. The number of esters is 1. The van der Waals surface area contributed by atoms with Crippen molar-refractivity contribution >= 4 is 45.6 Å². The van der Waals surface area contributed by atoms with E-state index < -0.39 is 11.9 Å². The number of hydrogen-bond donors (Lipinski definition) is 2. The third-order valence-electron chi connectivity index (χ3n) is 4.96. The number of halogens is 1. The smallest absolute Gasteiger partial charge is 0.379 e. The molecule has 4 rings (SSSR count). The zero-order valence-corrected chi connectivity index (χ0v) is 20.6. The minimum atomic E-state index is -0.662. The molecule has 0 unspecified atom stereocenters. The molecule has 8 nitrogen and oxygen atoms in total. The number of ether oxygens (including phenoxy) is 1. The van der Waals surface area contributed by atoms with E-state index in [1.54, 1.807) is 60.7 Å². The van der Waals surface area contributed by atoms with Gasteiger partial charge in [-0.2, -0.15) is 5.10 Å². The molecule has 0 radical (unpaired) electrons. The Morgan fingerprint density at radius 3 is 2.47 bits per heavy atom. The summed E-state index contributed by atoms with van der Waals surface area (Å²) in [7, 11) is 0. The van der Waals surface area contributed by atoms with E-state index in [1.807, 2.05) is 19.1 Å². The fourth-order valence-corrected chi connectivity index (χ4v) is 3.51. The van der Waals surface area contributed by atoms with Gasteiger partial charge in [0.2, 0.25) is 5.76 Å². The first-order chi connectivity index (χ1) is 17.4. The Labute approximate surface area is 215 Å². The second kappa shape index (κ2) is 11.3. The summed E-state index contributed by atoms with van der Waals surface area (Å²) in [4.78, 5) is 37.3. The maximum atomic E-state index is 12.6. The molecule has 0 saturated heterocycles. The van der Waals surface area contributed by atoms with Gasteiger partial charge in [0.05, 0.1) is 12.5 Å². The zero-order valence-electron chi connectivity index (χ0n) is 19.0. The van der Waals surface area contributed by atoms with Crippen molar-refractivity contribution in [2.24, 2.45) is 5.10 Å². The number of carbonyl (C=O) groups is 3. The van der Waals surface area contributed by atoms with Gasteiger partial charge in [-0.3, -0.25) is 9.59 Å². The average molecular weight is 546 g/mol. The lowest BCUT2D eigenvalue weighted by Gasteiger charge is -2.08. The minimum Gasteiger partial charge on any atom is -0.457 e. The van der Waals surface area contributed by atoms with E-state index in [4.69, 9.17) is 9.15 Å². The number of furan rings is 1. The fraction of sp³-hybridized carbons (Fsp3) is 0.0370. The molecular formula is C27H20BrN3O5. The summed E-state index contributed by atoms with van der Waals surface area (Å²) in [5.41, 5.74) is 5.22. The highest BCUT2D eigenvalue weighted by Crippen LogP contribution is 2.23. The molecule has 0 atom stereocenters. The van der Waals surface area contributed by atoms with Gasteiger partial charge in [-0.25, -0.2) is 10.2 Å². The van der Waals surface area contributed by atoms with E-state index in [0.29, 0.717) is 22.4 Å². The van der Waals surface area contributed by atoms with Gasteiger partial charge >= 0.3 is 5.97 Å². The molecule has 4 aromatic rings. The molecule has 1 heterocycles. The molecule has 0 aliphatic heterocycles. The van der Waals surface area contributed by atoms with Crippen LogP contribution in [-0.4, -0.2) is 24.0 Å². The number of hydrazone groups is 1. The van der Waals surface area contributed by atoms with Crippen LogP contribution in [0.4, 0.5) is 5.69 Å². The first-order valence-corrected chi connectivity index (χ1v) is 11.5. The Kier molecular flexibility index (Phi) is 7.72. The number of hydrogen-bond acceptors (Lipinski definition) is 6. The SMILES string of the molecule is Cc1ccc(C(=O)Nc2cccc(C(=O)NN=Cc3cc(Br)ccc3OC(=O)c3ccco3)c2)cc1. The lowest BCUT2D eigenvalue weighted by molar-refractivity contribution is 0.0700. The first kappa shape index (κ1) is 24.6. The molecule has 0 aliphatic rings. The maximum Gasteiger partial charge on any atom is 0.379 e. The van der Waals surface area contributed by atoms with Gasteiger partial charge in [0.15, 0.2) is 0 Å². The van der Waals surface area contributed by atoms with E-state index in [9.17, 15) is 14.4 Å². The van der Waals surface area contributed by atoms with Crippen LogP contribution in [-0.2, 0) is 0 Å². The maximum absolute atomic E-state index is 12.6. The molecule has 2 amide bonds. The molecule has 0 saturated carbocycles. The van der Waals surface area contributed by atoms with Crippen molar-refractivity contribution < 1.29 is 23.5 Å². The number of nitrogens with one attached hydrogen (secondary N) is 2. The van der Waals surface area contributed by atoms with Crippen LogP contribution in [0.1, 0.15) is 42.4 Å². The number of carbonyl (C=O) groups excluding carboxylic acids is 3. The van der Waals surface area contributed by atoms with Crippen molar-refractivity contribution in [3.8, 4) is 5.75 Å². The molecule has 180 valence electrons. The van der Waals surface area contributed by atoms with Crippen LogP contribution in [0.15, 0.2) is 99.1 Å². The van der Waals surface area contributed by atoms with Gasteiger partial charge in [0.1, 0.15) is 5.75 Å².